The van der Waals surface area contributed by atoms with Crippen LogP contribution in [-0.2, 0) is 0 Å². The summed E-state index contributed by atoms with van der Waals surface area (Å²) in [4.78, 5) is 0. The first-order valence-corrected chi connectivity index (χ1v) is 7.26. The monoisotopic (exact) mass is 286 g/mol. The fourth-order valence-corrected chi connectivity index (χ4v) is 3.04. The van der Waals surface area contributed by atoms with Gasteiger partial charge in [-0.2, -0.15) is 0 Å². The van der Waals surface area contributed by atoms with Gasteiger partial charge in [0.2, 0.25) is 0 Å². The minimum Gasteiger partial charge on any atom is -0.384 e. The molecule has 0 spiro atoms. The fraction of sp³-hybridized carbons (Fsp3) is 0.368. The molecular weight excluding hydrogens is 263 g/mol. The Morgan fingerprint density at radius 2 is 1.29 bits per heavy atom. The Balaban J connectivity index is 2.66. The molecule has 1 atom stereocenters. The van der Waals surface area contributed by atoms with E-state index in [2.05, 4.69) is 20.8 Å². The Hall–Kier alpha value is -1.67. The van der Waals surface area contributed by atoms with Gasteiger partial charge < -0.3 is 5.11 Å². The van der Waals surface area contributed by atoms with E-state index in [0.717, 1.165) is 27.8 Å². The molecule has 2 aromatic rings. The molecule has 0 radical (unpaired) electrons. The van der Waals surface area contributed by atoms with E-state index in [0.29, 0.717) is 0 Å². The van der Waals surface area contributed by atoms with Crippen molar-refractivity contribution in [1.29, 1.82) is 0 Å². The van der Waals surface area contributed by atoms with E-state index < -0.39 is 6.10 Å². The highest BCUT2D eigenvalue weighted by molar-refractivity contribution is 5.52. The Bertz CT molecular complexity index is 672. The average Bonchev–Trinajstić information content (AvgIpc) is 2.43. The highest BCUT2D eigenvalue weighted by Gasteiger charge is 2.21. The summed E-state index contributed by atoms with van der Waals surface area (Å²) in [6.07, 6.45) is -0.719. The van der Waals surface area contributed by atoms with E-state index in [9.17, 15) is 9.50 Å². The molecule has 0 heterocycles. The lowest BCUT2D eigenvalue weighted by Gasteiger charge is -2.23. The predicted molar refractivity (Wildman–Crippen MR) is 85.3 cm³/mol. The molecule has 0 fully saturated rings. The van der Waals surface area contributed by atoms with Crippen LogP contribution < -0.4 is 0 Å². The van der Waals surface area contributed by atoms with E-state index in [1.807, 2.05) is 20.8 Å². The van der Waals surface area contributed by atoms with Crippen molar-refractivity contribution >= 4 is 0 Å². The van der Waals surface area contributed by atoms with Gasteiger partial charge in [-0.1, -0.05) is 6.07 Å². The van der Waals surface area contributed by atoms with Crippen molar-refractivity contribution < 1.29 is 9.50 Å². The van der Waals surface area contributed by atoms with E-state index in [1.54, 1.807) is 6.07 Å². The minimum atomic E-state index is -0.719. The van der Waals surface area contributed by atoms with Crippen LogP contribution in [0.25, 0.3) is 0 Å². The van der Waals surface area contributed by atoms with E-state index in [-0.39, 0.29) is 5.82 Å². The van der Waals surface area contributed by atoms with Crippen LogP contribution in [0.4, 0.5) is 4.39 Å². The van der Waals surface area contributed by atoms with Crippen LogP contribution in [0.1, 0.15) is 50.6 Å². The molecular formula is C19H23FO. The van der Waals surface area contributed by atoms with Gasteiger partial charge in [0.15, 0.2) is 0 Å². The molecule has 1 unspecified atom stereocenters. The largest absolute Gasteiger partial charge is 0.384 e. The lowest BCUT2D eigenvalue weighted by Crippen LogP contribution is -2.10. The molecule has 0 aliphatic rings. The second-order valence-corrected chi connectivity index (χ2v) is 5.94. The Morgan fingerprint density at radius 1 is 0.810 bits per heavy atom. The van der Waals surface area contributed by atoms with Crippen molar-refractivity contribution in [3.05, 3.63) is 68.5 Å². The van der Waals surface area contributed by atoms with Gasteiger partial charge in [-0.25, -0.2) is 4.39 Å². The van der Waals surface area contributed by atoms with Gasteiger partial charge in [0.25, 0.3) is 0 Å². The maximum Gasteiger partial charge on any atom is 0.123 e. The molecule has 2 heteroatoms. The Labute approximate surface area is 126 Å². The average molecular weight is 286 g/mol. The molecule has 0 saturated heterocycles. The summed E-state index contributed by atoms with van der Waals surface area (Å²) in [6, 6.07) is 4.56. The van der Waals surface area contributed by atoms with Crippen LogP contribution in [0.15, 0.2) is 18.2 Å². The first kappa shape index (κ1) is 15.7. The zero-order valence-electron chi connectivity index (χ0n) is 13.6. The second-order valence-electron chi connectivity index (χ2n) is 5.94. The zero-order valence-corrected chi connectivity index (χ0v) is 13.6. The maximum absolute atomic E-state index is 13.3. The SMILES string of the molecule is Cc1cc(F)ccc1C(O)c1c(C)c(C)c(C)c(C)c1C. The fourth-order valence-electron chi connectivity index (χ4n) is 3.04. The van der Waals surface area contributed by atoms with Crippen molar-refractivity contribution in [2.45, 2.75) is 47.6 Å². The molecule has 1 N–H and O–H groups in total. The predicted octanol–water partition coefficient (Wildman–Crippen LogP) is 4.76. The van der Waals surface area contributed by atoms with Crippen LogP contribution in [0.2, 0.25) is 0 Å². The molecule has 0 aliphatic carbocycles. The van der Waals surface area contributed by atoms with Crippen molar-refractivity contribution in [2.75, 3.05) is 0 Å². The van der Waals surface area contributed by atoms with Gasteiger partial charge >= 0.3 is 0 Å². The summed E-state index contributed by atoms with van der Waals surface area (Å²) in [6.45, 7) is 12.2. The number of halogens is 1. The molecule has 21 heavy (non-hydrogen) atoms. The summed E-state index contributed by atoms with van der Waals surface area (Å²) in [7, 11) is 0. The standard InChI is InChI=1S/C19H23FO/c1-10-9-16(20)7-8-17(10)19(21)18-14(5)12(3)11(2)13(4)15(18)6/h7-9,19,21H,1-6H3. The minimum absolute atomic E-state index is 0.270. The molecule has 0 aliphatic heterocycles. The van der Waals surface area contributed by atoms with Gasteiger partial charge in [0.1, 0.15) is 11.9 Å². The van der Waals surface area contributed by atoms with Crippen LogP contribution in [0, 0.1) is 47.4 Å². The summed E-state index contributed by atoms with van der Waals surface area (Å²) >= 11 is 0. The first-order valence-electron chi connectivity index (χ1n) is 7.26. The normalized spacial score (nSPS) is 12.6. The molecule has 112 valence electrons. The number of hydrogen-bond acceptors (Lipinski definition) is 1. The molecule has 2 aromatic carbocycles. The molecule has 0 saturated carbocycles. The van der Waals surface area contributed by atoms with Gasteiger partial charge in [0, 0.05) is 0 Å². The lowest BCUT2D eigenvalue weighted by atomic mass is 9.84. The lowest BCUT2D eigenvalue weighted by molar-refractivity contribution is 0.217. The maximum atomic E-state index is 13.3. The Morgan fingerprint density at radius 3 is 1.76 bits per heavy atom. The summed E-state index contributed by atoms with van der Waals surface area (Å²) < 4.78 is 13.3. The third kappa shape index (κ3) is 2.60. The third-order valence-corrected chi connectivity index (χ3v) is 4.86. The number of rotatable bonds is 2. The molecule has 0 aromatic heterocycles. The molecule has 0 bridgehead atoms. The highest BCUT2D eigenvalue weighted by atomic mass is 19.1. The van der Waals surface area contributed by atoms with Gasteiger partial charge in [-0.15, -0.1) is 0 Å². The smallest absolute Gasteiger partial charge is 0.123 e. The second kappa shape index (κ2) is 5.61. The number of aliphatic hydroxyl groups excluding tert-OH is 1. The molecule has 0 amide bonds. The van der Waals surface area contributed by atoms with Gasteiger partial charge in [-0.05, 0) is 98.2 Å². The van der Waals surface area contributed by atoms with Crippen LogP contribution >= 0.6 is 0 Å². The quantitative estimate of drug-likeness (QED) is 0.844. The van der Waals surface area contributed by atoms with Crippen molar-refractivity contribution in [3.63, 3.8) is 0 Å². The van der Waals surface area contributed by atoms with Crippen molar-refractivity contribution in [1.82, 2.24) is 0 Å². The van der Waals surface area contributed by atoms with Gasteiger partial charge in [0.05, 0.1) is 0 Å². The molecule has 2 rings (SSSR count). The van der Waals surface area contributed by atoms with Crippen LogP contribution in [0.3, 0.4) is 0 Å². The molecule has 1 nitrogen and oxygen atoms in total. The van der Waals surface area contributed by atoms with E-state index >= 15 is 0 Å². The number of aryl methyl sites for hydroxylation is 1. The van der Waals surface area contributed by atoms with Crippen LogP contribution in [-0.4, -0.2) is 5.11 Å². The van der Waals surface area contributed by atoms with E-state index in [1.165, 1.54) is 28.8 Å². The van der Waals surface area contributed by atoms with Crippen molar-refractivity contribution in [2.24, 2.45) is 0 Å². The van der Waals surface area contributed by atoms with Gasteiger partial charge in [-0.3, -0.25) is 0 Å². The third-order valence-electron chi connectivity index (χ3n) is 4.86. The highest BCUT2D eigenvalue weighted by Crippen LogP contribution is 2.34. The number of aliphatic hydroxyl groups is 1. The first-order chi connectivity index (χ1) is 9.75. The number of hydrogen-bond donors (Lipinski definition) is 1. The van der Waals surface area contributed by atoms with Crippen LogP contribution in [0.5, 0.6) is 0 Å². The Kier molecular flexibility index (Phi) is 4.20. The zero-order chi connectivity index (χ0) is 15.9. The summed E-state index contributed by atoms with van der Waals surface area (Å²) in [5.41, 5.74) is 8.43. The van der Waals surface area contributed by atoms with E-state index in [4.69, 9.17) is 0 Å². The van der Waals surface area contributed by atoms with Crippen molar-refractivity contribution in [3.8, 4) is 0 Å². The topological polar surface area (TPSA) is 20.2 Å². The summed E-state index contributed by atoms with van der Waals surface area (Å²) in [5.74, 6) is -0.270. The number of benzene rings is 2. The summed E-state index contributed by atoms with van der Waals surface area (Å²) in [5, 5.41) is 10.8.